The zero-order valence-corrected chi connectivity index (χ0v) is 11.5. The number of aromatic hydroxyl groups is 1. The average Bonchev–Trinajstić information content (AvgIpc) is 2.27. The number of rotatable bonds is 3. The molecular weight excluding hydrogens is 245 g/mol. The zero-order chi connectivity index (χ0) is 12.6. The van der Waals surface area contributed by atoms with Crippen LogP contribution in [0.3, 0.4) is 0 Å². The summed E-state index contributed by atoms with van der Waals surface area (Å²) in [6, 6.07) is 3.13. The summed E-state index contributed by atoms with van der Waals surface area (Å²) in [6.07, 6.45) is 0.686. The summed E-state index contributed by atoms with van der Waals surface area (Å²) < 4.78 is 0. The molecule has 1 aromatic carbocycles. The highest BCUT2D eigenvalue weighted by atomic mass is 35.5. The Balaban J connectivity index is 0.000000385. The monoisotopic (exact) mass is 263 g/mol. The molecule has 0 heterocycles. The number of benzene rings is 1. The Bertz CT molecular complexity index is 314. The van der Waals surface area contributed by atoms with Gasteiger partial charge < -0.3 is 10.4 Å². The van der Waals surface area contributed by atoms with Crippen LogP contribution in [0.2, 0.25) is 10.0 Å². The Kier molecular flexibility index (Phi) is 8.44. The molecule has 92 valence electrons. The van der Waals surface area contributed by atoms with Gasteiger partial charge in [-0.1, -0.05) is 44.0 Å². The van der Waals surface area contributed by atoms with E-state index in [4.69, 9.17) is 23.2 Å². The zero-order valence-electron chi connectivity index (χ0n) is 9.98. The third-order valence-corrected chi connectivity index (χ3v) is 2.87. The van der Waals surface area contributed by atoms with Gasteiger partial charge in [-0.05, 0) is 31.6 Å². The molecule has 0 aromatic heterocycles. The maximum absolute atomic E-state index is 9.27. The van der Waals surface area contributed by atoms with Gasteiger partial charge >= 0.3 is 0 Å². The summed E-state index contributed by atoms with van der Waals surface area (Å²) in [6.45, 7) is 8.30. The molecule has 2 N–H and O–H groups in total. The molecule has 0 amide bonds. The lowest BCUT2D eigenvalue weighted by atomic mass is 10.1. The van der Waals surface area contributed by atoms with Gasteiger partial charge in [0.25, 0.3) is 0 Å². The van der Waals surface area contributed by atoms with Crippen molar-refractivity contribution < 1.29 is 5.11 Å². The van der Waals surface area contributed by atoms with Crippen molar-refractivity contribution in [2.24, 2.45) is 0 Å². The molecule has 0 radical (unpaired) electrons. The number of hydrogen-bond acceptors (Lipinski definition) is 2. The van der Waals surface area contributed by atoms with Gasteiger partial charge in [0.2, 0.25) is 0 Å². The smallest absolute Gasteiger partial charge is 0.120 e. The fraction of sp³-hybridized carbons (Fsp3) is 0.500. The van der Waals surface area contributed by atoms with Crippen LogP contribution in [0.25, 0.3) is 0 Å². The van der Waals surface area contributed by atoms with Crippen molar-refractivity contribution in [3.05, 3.63) is 27.7 Å². The number of phenols is 1. The van der Waals surface area contributed by atoms with Crippen molar-refractivity contribution in [1.82, 2.24) is 5.32 Å². The van der Waals surface area contributed by atoms with Crippen LogP contribution in [0.4, 0.5) is 0 Å². The van der Waals surface area contributed by atoms with Gasteiger partial charge in [0.15, 0.2) is 0 Å². The highest BCUT2D eigenvalue weighted by molar-refractivity contribution is 6.42. The number of phenolic OH excluding ortho intramolecular Hbond substituents is 1. The molecule has 0 aliphatic carbocycles. The first kappa shape index (κ1) is 15.6. The lowest BCUT2D eigenvalue weighted by Gasteiger charge is -2.04. The molecule has 1 rings (SSSR count). The average molecular weight is 264 g/mol. The molecule has 4 heteroatoms. The lowest BCUT2D eigenvalue weighted by Crippen LogP contribution is -2.09. The Morgan fingerprint density at radius 1 is 1.12 bits per heavy atom. The van der Waals surface area contributed by atoms with Crippen molar-refractivity contribution >= 4 is 23.2 Å². The summed E-state index contributed by atoms with van der Waals surface area (Å²) in [5.41, 5.74) is 0.708. The van der Waals surface area contributed by atoms with Crippen LogP contribution in [-0.2, 0) is 6.42 Å². The van der Waals surface area contributed by atoms with E-state index in [1.165, 1.54) is 0 Å². The van der Waals surface area contributed by atoms with Crippen molar-refractivity contribution in [3.63, 3.8) is 0 Å². The second kappa shape index (κ2) is 8.68. The second-order valence-corrected chi connectivity index (χ2v) is 3.95. The molecule has 0 bridgehead atoms. The van der Waals surface area contributed by atoms with Gasteiger partial charge in [0.05, 0.1) is 10.0 Å². The van der Waals surface area contributed by atoms with E-state index in [1.54, 1.807) is 12.1 Å². The fourth-order valence-corrected chi connectivity index (χ4v) is 1.64. The van der Waals surface area contributed by atoms with Gasteiger partial charge in [-0.15, -0.1) is 0 Å². The lowest BCUT2D eigenvalue weighted by molar-refractivity contribution is 0.469. The third kappa shape index (κ3) is 5.06. The summed E-state index contributed by atoms with van der Waals surface area (Å²) in [5.74, 6) is 0.210. The first-order chi connectivity index (χ1) is 7.58. The van der Waals surface area contributed by atoms with E-state index in [-0.39, 0.29) is 5.75 Å². The predicted octanol–water partition coefficient (Wildman–Crippen LogP) is 3.88. The fourth-order valence-electron chi connectivity index (χ4n) is 1.17. The van der Waals surface area contributed by atoms with Crippen LogP contribution >= 0.6 is 23.2 Å². The molecule has 16 heavy (non-hydrogen) atoms. The Morgan fingerprint density at radius 3 is 2.00 bits per heavy atom. The first-order valence-corrected chi connectivity index (χ1v) is 6.20. The molecule has 0 spiro atoms. The van der Waals surface area contributed by atoms with Crippen molar-refractivity contribution in [2.75, 3.05) is 13.1 Å². The summed E-state index contributed by atoms with van der Waals surface area (Å²) in [4.78, 5) is 0. The number of hydrogen-bond donors (Lipinski definition) is 2. The van der Waals surface area contributed by atoms with Crippen molar-refractivity contribution in [2.45, 2.75) is 27.2 Å². The van der Waals surface area contributed by atoms with Gasteiger partial charge in [-0.25, -0.2) is 0 Å². The third-order valence-electron chi connectivity index (χ3n) is 2.02. The Hall–Kier alpha value is -0.440. The van der Waals surface area contributed by atoms with Gasteiger partial charge in [-0.2, -0.15) is 0 Å². The van der Waals surface area contributed by atoms with Crippen LogP contribution in [0.15, 0.2) is 12.1 Å². The van der Waals surface area contributed by atoms with Crippen LogP contribution in [0, 0.1) is 0 Å². The van der Waals surface area contributed by atoms with E-state index >= 15 is 0 Å². The van der Waals surface area contributed by atoms with E-state index in [0.29, 0.717) is 22.0 Å². The molecular formula is C12H19Cl2NO. The van der Waals surface area contributed by atoms with Crippen LogP contribution in [0.1, 0.15) is 26.3 Å². The van der Waals surface area contributed by atoms with Crippen LogP contribution < -0.4 is 5.32 Å². The minimum atomic E-state index is 0.210. The Morgan fingerprint density at radius 2 is 1.69 bits per heavy atom. The van der Waals surface area contributed by atoms with E-state index in [0.717, 1.165) is 13.1 Å². The Labute approximate surface area is 108 Å². The van der Waals surface area contributed by atoms with E-state index < -0.39 is 0 Å². The SMILES string of the molecule is CCNCC.CCc1c(O)ccc(Cl)c1Cl. The molecule has 0 unspecified atom stereocenters. The number of halogens is 2. The molecule has 0 saturated carbocycles. The molecule has 0 aliphatic heterocycles. The summed E-state index contributed by atoms with van der Waals surface area (Å²) in [7, 11) is 0. The maximum atomic E-state index is 9.27. The largest absolute Gasteiger partial charge is 0.508 e. The molecule has 1 aromatic rings. The minimum Gasteiger partial charge on any atom is -0.508 e. The second-order valence-electron chi connectivity index (χ2n) is 3.17. The standard InChI is InChI=1S/C8H8Cl2O.C4H11N/c1-2-5-7(11)4-3-6(9)8(5)10;1-3-5-4-2/h3-4,11H,2H2,1H3;5H,3-4H2,1-2H3. The molecule has 0 saturated heterocycles. The molecule has 0 aliphatic rings. The van der Waals surface area contributed by atoms with Gasteiger partial charge in [-0.3, -0.25) is 0 Å². The van der Waals surface area contributed by atoms with Gasteiger partial charge in [0.1, 0.15) is 5.75 Å². The minimum absolute atomic E-state index is 0.210. The maximum Gasteiger partial charge on any atom is 0.120 e. The van der Waals surface area contributed by atoms with E-state index in [9.17, 15) is 5.11 Å². The molecule has 0 fully saturated rings. The quantitative estimate of drug-likeness (QED) is 0.868. The normalized spacial score (nSPS) is 9.56. The predicted molar refractivity (Wildman–Crippen MR) is 71.7 cm³/mol. The summed E-state index contributed by atoms with van der Waals surface area (Å²) >= 11 is 11.5. The molecule has 2 nitrogen and oxygen atoms in total. The van der Waals surface area contributed by atoms with Gasteiger partial charge in [0, 0.05) is 5.56 Å². The topological polar surface area (TPSA) is 32.3 Å². The van der Waals surface area contributed by atoms with Crippen LogP contribution in [-0.4, -0.2) is 18.2 Å². The van der Waals surface area contributed by atoms with Crippen molar-refractivity contribution in [3.8, 4) is 5.75 Å². The molecule has 0 atom stereocenters. The highest BCUT2D eigenvalue weighted by Gasteiger charge is 2.06. The highest BCUT2D eigenvalue weighted by Crippen LogP contribution is 2.32. The summed E-state index contributed by atoms with van der Waals surface area (Å²) in [5, 5.41) is 13.3. The number of nitrogens with one attached hydrogen (secondary N) is 1. The first-order valence-electron chi connectivity index (χ1n) is 5.44. The van der Waals surface area contributed by atoms with E-state index in [1.807, 2.05) is 6.92 Å². The van der Waals surface area contributed by atoms with Crippen molar-refractivity contribution in [1.29, 1.82) is 0 Å². The van der Waals surface area contributed by atoms with E-state index in [2.05, 4.69) is 19.2 Å². The van der Waals surface area contributed by atoms with Crippen LogP contribution in [0.5, 0.6) is 5.75 Å².